The van der Waals surface area contributed by atoms with Crippen LogP contribution in [0.4, 0.5) is 0 Å². The van der Waals surface area contributed by atoms with E-state index in [0.717, 1.165) is 11.9 Å². The SMILES string of the molecule is Cc1c(Cc2ccccc2)cc[c-]1-c1cccc2cccnc12.[Cl-].[Cl-].[Cr+3]. The molecule has 0 fully saturated rings. The molecule has 0 saturated heterocycles. The van der Waals surface area contributed by atoms with E-state index in [9.17, 15) is 0 Å². The quantitative estimate of drug-likeness (QED) is 0.409. The first-order chi connectivity index (χ1) is 11.3. The number of hydrogen-bond acceptors (Lipinski definition) is 1. The van der Waals surface area contributed by atoms with Gasteiger partial charge in [0.2, 0.25) is 0 Å². The van der Waals surface area contributed by atoms with Crippen molar-refractivity contribution >= 4 is 10.9 Å². The zero-order chi connectivity index (χ0) is 15.6. The largest absolute Gasteiger partial charge is 3.00 e. The van der Waals surface area contributed by atoms with Gasteiger partial charge in [-0.25, -0.2) is 0 Å². The van der Waals surface area contributed by atoms with Gasteiger partial charge in [-0.05, 0) is 17.9 Å². The monoisotopic (exact) mass is 418 g/mol. The summed E-state index contributed by atoms with van der Waals surface area (Å²) in [6, 6.07) is 25.6. The van der Waals surface area contributed by atoms with E-state index in [4.69, 9.17) is 0 Å². The molecular formula is C22H18Cl2CrN. The van der Waals surface area contributed by atoms with Crippen molar-refractivity contribution in [2.45, 2.75) is 13.3 Å². The van der Waals surface area contributed by atoms with Gasteiger partial charge in [0.05, 0.1) is 0 Å². The van der Waals surface area contributed by atoms with Crippen LogP contribution in [0.15, 0.2) is 79.0 Å². The summed E-state index contributed by atoms with van der Waals surface area (Å²) in [4.78, 5) is 4.59. The molecule has 0 N–H and O–H groups in total. The molecule has 0 atom stereocenters. The number of rotatable bonds is 3. The molecule has 4 rings (SSSR count). The van der Waals surface area contributed by atoms with Crippen LogP contribution in [0.1, 0.15) is 16.7 Å². The van der Waals surface area contributed by atoms with Crippen LogP contribution in [-0.2, 0) is 23.8 Å². The minimum Gasteiger partial charge on any atom is -1.00 e. The summed E-state index contributed by atoms with van der Waals surface area (Å²) < 4.78 is 0. The van der Waals surface area contributed by atoms with Crippen molar-refractivity contribution in [3.63, 3.8) is 0 Å². The van der Waals surface area contributed by atoms with Gasteiger partial charge in [-0.3, -0.25) is 4.98 Å². The Morgan fingerprint density at radius 2 is 1.58 bits per heavy atom. The maximum Gasteiger partial charge on any atom is 3.00 e. The minimum atomic E-state index is 0. The Kier molecular flexibility index (Phi) is 8.48. The molecule has 4 aromatic rings. The first-order valence-electron chi connectivity index (χ1n) is 7.96. The van der Waals surface area contributed by atoms with Crippen molar-refractivity contribution in [2.75, 3.05) is 0 Å². The zero-order valence-corrected chi connectivity index (χ0v) is 17.1. The topological polar surface area (TPSA) is 12.9 Å². The molecule has 0 unspecified atom stereocenters. The molecule has 4 heteroatoms. The normalized spacial score (nSPS) is 9.73. The molecule has 1 radical (unpaired) electrons. The smallest absolute Gasteiger partial charge is 1.00 e. The van der Waals surface area contributed by atoms with Crippen LogP contribution in [0.2, 0.25) is 0 Å². The van der Waals surface area contributed by atoms with Crippen molar-refractivity contribution in [1.82, 2.24) is 4.98 Å². The van der Waals surface area contributed by atoms with Gasteiger partial charge in [-0.1, -0.05) is 72.1 Å². The van der Waals surface area contributed by atoms with Gasteiger partial charge in [0.15, 0.2) is 0 Å². The summed E-state index contributed by atoms with van der Waals surface area (Å²) in [7, 11) is 0. The van der Waals surface area contributed by atoms with Crippen molar-refractivity contribution in [3.8, 4) is 11.1 Å². The molecule has 0 bridgehead atoms. The number of aromatic nitrogens is 1. The van der Waals surface area contributed by atoms with Crippen molar-refractivity contribution in [2.24, 2.45) is 0 Å². The maximum atomic E-state index is 4.59. The van der Waals surface area contributed by atoms with Crippen LogP contribution in [0.25, 0.3) is 22.0 Å². The van der Waals surface area contributed by atoms with Crippen molar-refractivity contribution in [3.05, 3.63) is 95.7 Å². The number of para-hydroxylation sites is 1. The summed E-state index contributed by atoms with van der Waals surface area (Å²) in [6.45, 7) is 2.22. The Morgan fingerprint density at radius 3 is 2.35 bits per heavy atom. The van der Waals surface area contributed by atoms with E-state index in [1.807, 2.05) is 12.3 Å². The summed E-state index contributed by atoms with van der Waals surface area (Å²) in [5, 5.41) is 1.19. The van der Waals surface area contributed by atoms with Gasteiger partial charge in [-0.2, -0.15) is 0 Å². The molecule has 0 spiro atoms. The maximum absolute atomic E-state index is 4.59. The summed E-state index contributed by atoms with van der Waals surface area (Å²) >= 11 is 0. The Hall–Kier alpha value is -1.69. The van der Waals surface area contributed by atoms with Crippen LogP contribution in [0, 0.1) is 6.92 Å². The third kappa shape index (κ3) is 4.34. The van der Waals surface area contributed by atoms with Crippen LogP contribution in [0.3, 0.4) is 0 Å². The minimum absolute atomic E-state index is 0. The molecule has 0 aliphatic rings. The zero-order valence-electron chi connectivity index (χ0n) is 14.3. The van der Waals surface area contributed by atoms with Gasteiger partial charge in [0.25, 0.3) is 0 Å². The van der Waals surface area contributed by atoms with Crippen LogP contribution in [-0.4, -0.2) is 4.98 Å². The fourth-order valence-electron chi connectivity index (χ4n) is 3.23. The number of halogens is 2. The fourth-order valence-corrected chi connectivity index (χ4v) is 3.23. The average Bonchev–Trinajstić information content (AvgIpc) is 2.96. The summed E-state index contributed by atoms with van der Waals surface area (Å²) in [6.07, 6.45) is 2.85. The Morgan fingerprint density at radius 1 is 0.846 bits per heavy atom. The second-order valence-electron chi connectivity index (χ2n) is 5.94. The first-order valence-corrected chi connectivity index (χ1v) is 7.96. The molecule has 26 heavy (non-hydrogen) atoms. The van der Waals surface area contributed by atoms with Crippen LogP contribution >= 0.6 is 0 Å². The van der Waals surface area contributed by atoms with E-state index in [1.165, 1.54) is 33.2 Å². The average molecular weight is 419 g/mol. The van der Waals surface area contributed by atoms with Crippen LogP contribution < -0.4 is 24.8 Å². The van der Waals surface area contributed by atoms with Gasteiger partial charge < -0.3 is 24.8 Å². The predicted octanol–water partition coefficient (Wildman–Crippen LogP) is -0.475. The predicted molar refractivity (Wildman–Crippen MR) is 96.8 cm³/mol. The molecule has 0 amide bonds. The Bertz CT molecular complexity index is 959. The van der Waals surface area contributed by atoms with Crippen molar-refractivity contribution in [1.29, 1.82) is 0 Å². The third-order valence-electron chi connectivity index (χ3n) is 4.50. The molecule has 0 aliphatic heterocycles. The van der Waals surface area contributed by atoms with Crippen LogP contribution in [0.5, 0.6) is 0 Å². The van der Waals surface area contributed by atoms with Gasteiger partial charge in [-0.15, -0.1) is 29.3 Å². The summed E-state index contributed by atoms with van der Waals surface area (Å²) in [5.41, 5.74) is 7.69. The number of fused-ring (bicyclic) bond motifs is 1. The van der Waals surface area contributed by atoms with E-state index in [-0.39, 0.29) is 42.2 Å². The number of benzene rings is 2. The van der Waals surface area contributed by atoms with E-state index in [2.05, 4.69) is 78.6 Å². The van der Waals surface area contributed by atoms with E-state index in [1.54, 1.807) is 0 Å². The Balaban J connectivity index is 0.00000113. The molecule has 1 aromatic heterocycles. The molecule has 1 heterocycles. The molecule has 131 valence electrons. The van der Waals surface area contributed by atoms with Gasteiger partial charge in [0, 0.05) is 11.7 Å². The molecule has 0 saturated carbocycles. The molecule has 3 aromatic carbocycles. The standard InChI is InChI=1S/C22H18N.2ClH.Cr/c1-16-19(15-17-7-3-2-4-8-17)12-13-20(16)21-11-5-9-18-10-6-14-23-22(18)21;;;/h2-14H,15H2,1H3;2*1H;/q-1;;;+3/p-2. The van der Waals surface area contributed by atoms with Gasteiger partial charge in [0.1, 0.15) is 0 Å². The van der Waals surface area contributed by atoms with E-state index < -0.39 is 0 Å². The number of nitrogens with zero attached hydrogens (tertiary/aromatic N) is 1. The third-order valence-corrected chi connectivity index (χ3v) is 4.50. The molecular weight excluding hydrogens is 401 g/mol. The summed E-state index contributed by atoms with van der Waals surface area (Å²) in [5.74, 6) is 0. The second kappa shape index (κ2) is 9.86. The number of pyridine rings is 1. The van der Waals surface area contributed by atoms with E-state index in [0.29, 0.717) is 0 Å². The molecule has 0 aliphatic carbocycles. The first kappa shape index (κ1) is 22.4. The van der Waals surface area contributed by atoms with Crippen molar-refractivity contribution < 1.29 is 42.2 Å². The van der Waals surface area contributed by atoms with E-state index >= 15 is 0 Å². The second-order valence-corrected chi connectivity index (χ2v) is 5.94. The Labute approximate surface area is 177 Å². The molecule has 1 nitrogen and oxygen atoms in total. The fraction of sp³-hybridized carbons (Fsp3) is 0.0909. The van der Waals surface area contributed by atoms with Gasteiger partial charge >= 0.3 is 17.4 Å². The number of hydrogen-bond donors (Lipinski definition) is 0.